The molecule has 3 N–H and O–H groups in total. The van der Waals surface area contributed by atoms with Crippen LogP contribution in [0.1, 0.15) is 31.2 Å². The predicted octanol–water partition coefficient (Wildman–Crippen LogP) is 3.45. The molecule has 3 rings (SSSR count). The normalized spacial score (nSPS) is 13.6. The third kappa shape index (κ3) is 6.41. The highest BCUT2D eigenvalue weighted by Gasteiger charge is 2.19. The molecule has 0 aliphatic heterocycles. The Morgan fingerprint density at radius 2 is 1.76 bits per heavy atom. The number of hydrogen-bond donors (Lipinski definition) is 3. The Morgan fingerprint density at radius 3 is 2.48 bits per heavy atom. The van der Waals surface area contributed by atoms with Crippen LogP contribution >= 0.6 is 0 Å². The van der Waals surface area contributed by atoms with Gasteiger partial charge < -0.3 is 25.4 Å². The molecule has 1 fully saturated rings. The van der Waals surface area contributed by atoms with Crippen LogP contribution in [0, 0.1) is 0 Å². The summed E-state index contributed by atoms with van der Waals surface area (Å²) in [5.41, 5.74) is 1.58. The molecule has 0 spiro atoms. The van der Waals surface area contributed by atoms with Gasteiger partial charge in [-0.1, -0.05) is 30.3 Å². The van der Waals surface area contributed by atoms with E-state index in [9.17, 15) is 9.59 Å². The van der Waals surface area contributed by atoms with Crippen molar-refractivity contribution in [2.45, 2.75) is 38.3 Å². The number of urea groups is 1. The quantitative estimate of drug-likeness (QED) is 0.637. The smallest absolute Gasteiger partial charge is 0.315 e. The molecule has 154 valence electrons. The predicted molar refractivity (Wildman–Crippen MR) is 111 cm³/mol. The van der Waals surface area contributed by atoms with Crippen molar-refractivity contribution in [1.29, 1.82) is 0 Å². The number of ether oxygens (including phenoxy) is 2. The second kappa shape index (κ2) is 10.4. The SMILES string of the molecule is COc1ccc(NC(=O)CNC(=O)NCc2ccccc2)cc1OC1CCCC1. The molecule has 7 heteroatoms. The topological polar surface area (TPSA) is 88.7 Å². The zero-order valence-electron chi connectivity index (χ0n) is 16.6. The third-order valence-electron chi connectivity index (χ3n) is 4.75. The standard InChI is InChI=1S/C22H27N3O4/c1-28-19-12-11-17(13-20(19)29-18-9-5-6-10-18)25-21(26)15-24-22(27)23-14-16-7-3-2-4-8-16/h2-4,7-8,11-13,18H,5-6,9-10,14-15H2,1H3,(H,25,26)(H2,23,24,27). The van der Waals surface area contributed by atoms with Gasteiger partial charge in [0.15, 0.2) is 11.5 Å². The van der Waals surface area contributed by atoms with Crippen molar-refractivity contribution in [1.82, 2.24) is 10.6 Å². The lowest BCUT2D eigenvalue weighted by Crippen LogP contribution is -2.39. The van der Waals surface area contributed by atoms with Crippen molar-refractivity contribution >= 4 is 17.6 Å². The lowest BCUT2D eigenvalue weighted by Gasteiger charge is -2.17. The van der Waals surface area contributed by atoms with Crippen molar-refractivity contribution in [2.24, 2.45) is 0 Å². The minimum atomic E-state index is -0.399. The number of carbonyl (C=O) groups excluding carboxylic acids is 2. The highest BCUT2D eigenvalue weighted by Crippen LogP contribution is 2.33. The molecule has 29 heavy (non-hydrogen) atoms. The van der Waals surface area contributed by atoms with Gasteiger partial charge in [0.1, 0.15) is 0 Å². The van der Waals surface area contributed by atoms with Crippen molar-refractivity contribution in [3.05, 3.63) is 54.1 Å². The Kier molecular flexibility index (Phi) is 7.33. The van der Waals surface area contributed by atoms with Crippen LogP contribution in [-0.2, 0) is 11.3 Å². The number of benzene rings is 2. The Morgan fingerprint density at radius 1 is 1.00 bits per heavy atom. The number of hydrogen-bond acceptors (Lipinski definition) is 4. The van der Waals surface area contributed by atoms with Crippen LogP contribution < -0.4 is 25.4 Å². The van der Waals surface area contributed by atoms with Crippen LogP contribution in [0.3, 0.4) is 0 Å². The Hall–Kier alpha value is -3.22. The van der Waals surface area contributed by atoms with E-state index >= 15 is 0 Å². The zero-order valence-corrected chi connectivity index (χ0v) is 16.6. The van der Waals surface area contributed by atoms with E-state index in [2.05, 4.69) is 16.0 Å². The summed E-state index contributed by atoms with van der Waals surface area (Å²) in [4.78, 5) is 24.0. The van der Waals surface area contributed by atoms with Gasteiger partial charge in [0.25, 0.3) is 0 Å². The summed E-state index contributed by atoms with van der Waals surface area (Å²) in [6, 6.07) is 14.4. The molecule has 0 heterocycles. The van der Waals surface area contributed by atoms with E-state index in [1.807, 2.05) is 30.3 Å². The van der Waals surface area contributed by atoms with Gasteiger partial charge >= 0.3 is 6.03 Å². The molecule has 2 aromatic rings. The summed E-state index contributed by atoms with van der Waals surface area (Å²) in [6.45, 7) is 0.264. The highest BCUT2D eigenvalue weighted by atomic mass is 16.5. The van der Waals surface area contributed by atoms with E-state index in [0.717, 1.165) is 18.4 Å². The zero-order chi connectivity index (χ0) is 20.5. The molecular weight excluding hydrogens is 370 g/mol. The van der Waals surface area contributed by atoms with Gasteiger partial charge in [-0.3, -0.25) is 4.79 Å². The number of nitrogens with one attached hydrogen (secondary N) is 3. The van der Waals surface area contributed by atoms with Crippen LogP contribution in [0.25, 0.3) is 0 Å². The highest BCUT2D eigenvalue weighted by molar-refractivity contribution is 5.94. The number of methoxy groups -OCH3 is 1. The molecular formula is C22H27N3O4. The monoisotopic (exact) mass is 397 g/mol. The summed E-state index contributed by atoms with van der Waals surface area (Å²) in [5.74, 6) is 0.927. The summed E-state index contributed by atoms with van der Waals surface area (Å²) in [7, 11) is 1.59. The van der Waals surface area contributed by atoms with E-state index in [1.165, 1.54) is 12.8 Å². The second-order valence-corrected chi connectivity index (χ2v) is 6.96. The molecule has 0 saturated heterocycles. The van der Waals surface area contributed by atoms with E-state index in [1.54, 1.807) is 25.3 Å². The van der Waals surface area contributed by atoms with Crippen LogP contribution in [0.5, 0.6) is 11.5 Å². The first-order chi connectivity index (χ1) is 14.1. The molecule has 1 aliphatic rings. The summed E-state index contributed by atoms with van der Waals surface area (Å²) in [5, 5.41) is 8.04. The minimum Gasteiger partial charge on any atom is -0.493 e. The Balaban J connectivity index is 1.47. The van der Waals surface area contributed by atoms with E-state index < -0.39 is 6.03 Å². The number of amides is 3. The van der Waals surface area contributed by atoms with Gasteiger partial charge in [-0.2, -0.15) is 0 Å². The molecule has 0 aromatic heterocycles. The lowest BCUT2D eigenvalue weighted by molar-refractivity contribution is -0.115. The fourth-order valence-corrected chi connectivity index (χ4v) is 3.24. The van der Waals surface area contributed by atoms with Crippen molar-refractivity contribution in [3.8, 4) is 11.5 Å². The van der Waals surface area contributed by atoms with E-state index in [4.69, 9.17) is 9.47 Å². The Labute approximate surface area is 170 Å². The lowest BCUT2D eigenvalue weighted by atomic mass is 10.2. The number of rotatable bonds is 8. The van der Waals surface area contributed by atoms with Gasteiger partial charge in [-0.15, -0.1) is 0 Å². The van der Waals surface area contributed by atoms with Gasteiger partial charge in [-0.05, 0) is 43.4 Å². The molecule has 1 aliphatic carbocycles. The maximum Gasteiger partial charge on any atom is 0.315 e. The third-order valence-corrected chi connectivity index (χ3v) is 4.75. The van der Waals surface area contributed by atoms with Crippen molar-refractivity contribution < 1.29 is 19.1 Å². The summed E-state index contributed by atoms with van der Waals surface area (Å²) in [6.07, 6.45) is 4.58. The number of carbonyl (C=O) groups is 2. The van der Waals surface area contributed by atoms with Gasteiger partial charge in [-0.25, -0.2) is 4.79 Å². The van der Waals surface area contributed by atoms with Crippen molar-refractivity contribution in [2.75, 3.05) is 19.0 Å². The van der Waals surface area contributed by atoms with Crippen LogP contribution in [0.15, 0.2) is 48.5 Å². The van der Waals surface area contributed by atoms with Gasteiger partial charge in [0.05, 0.1) is 19.8 Å². The molecule has 0 bridgehead atoms. The first kappa shape index (κ1) is 20.5. The maximum atomic E-state index is 12.2. The molecule has 2 aromatic carbocycles. The number of anilines is 1. The molecule has 1 saturated carbocycles. The summed E-state index contributed by atoms with van der Waals surface area (Å²) < 4.78 is 11.4. The Bertz CT molecular complexity index is 820. The molecule has 3 amide bonds. The average Bonchev–Trinajstić information content (AvgIpc) is 3.25. The molecule has 0 unspecified atom stereocenters. The van der Waals surface area contributed by atoms with Gasteiger partial charge in [0, 0.05) is 18.3 Å². The summed E-state index contributed by atoms with van der Waals surface area (Å²) >= 11 is 0. The van der Waals surface area contributed by atoms with Crippen LogP contribution in [0.2, 0.25) is 0 Å². The first-order valence-corrected chi connectivity index (χ1v) is 9.84. The maximum absolute atomic E-state index is 12.2. The van der Waals surface area contributed by atoms with Crippen LogP contribution in [-0.4, -0.2) is 31.7 Å². The molecule has 0 radical (unpaired) electrons. The average molecular weight is 397 g/mol. The van der Waals surface area contributed by atoms with Gasteiger partial charge in [0.2, 0.25) is 5.91 Å². The molecule has 0 atom stereocenters. The minimum absolute atomic E-state index is 0.133. The van der Waals surface area contributed by atoms with E-state index in [-0.39, 0.29) is 18.6 Å². The first-order valence-electron chi connectivity index (χ1n) is 9.84. The fraction of sp³-hybridized carbons (Fsp3) is 0.364. The van der Waals surface area contributed by atoms with Crippen molar-refractivity contribution in [3.63, 3.8) is 0 Å². The second-order valence-electron chi connectivity index (χ2n) is 6.96. The van der Waals surface area contributed by atoms with E-state index in [0.29, 0.717) is 23.7 Å². The van der Waals surface area contributed by atoms with Crippen LogP contribution in [0.4, 0.5) is 10.5 Å². The fourth-order valence-electron chi connectivity index (χ4n) is 3.24. The molecule has 7 nitrogen and oxygen atoms in total. The largest absolute Gasteiger partial charge is 0.493 e.